The predicted molar refractivity (Wildman–Crippen MR) is 55.6 cm³/mol. The molecule has 0 amide bonds. The molecule has 0 bridgehead atoms. The van der Waals surface area contributed by atoms with E-state index in [4.69, 9.17) is 0 Å². The molecule has 0 spiro atoms. The molecule has 0 unspecified atom stereocenters. The van der Waals surface area contributed by atoms with E-state index in [0.29, 0.717) is 5.78 Å². The molecule has 0 aliphatic heterocycles. The van der Waals surface area contributed by atoms with Crippen LogP contribution in [0.1, 0.15) is 53.4 Å². The van der Waals surface area contributed by atoms with E-state index in [0.717, 1.165) is 18.4 Å². The van der Waals surface area contributed by atoms with Crippen LogP contribution in [0.4, 0.5) is 0 Å². The van der Waals surface area contributed by atoms with Gasteiger partial charge < -0.3 is 0 Å². The minimum Gasteiger partial charge on any atom is -0.294 e. The van der Waals surface area contributed by atoms with Crippen LogP contribution < -0.4 is 0 Å². The standard InChI is InChI=1S/C12H20O/c1-9-7-5-6-8-10(9)11(13)12(2,3)4/h5-8H2,1-4H3. The summed E-state index contributed by atoms with van der Waals surface area (Å²) in [6, 6.07) is 0. The van der Waals surface area contributed by atoms with Crippen LogP contribution >= 0.6 is 0 Å². The van der Waals surface area contributed by atoms with Crippen molar-refractivity contribution < 1.29 is 4.79 Å². The lowest BCUT2D eigenvalue weighted by atomic mass is 9.80. The summed E-state index contributed by atoms with van der Waals surface area (Å²) in [6.07, 6.45) is 4.57. The van der Waals surface area contributed by atoms with Gasteiger partial charge in [-0.15, -0.1) is 0 Å². The lowest BCUT2D eigenvalue weighted by Gasteiger charge is -2.23. The molecule has 1 aliphatic carbocycles. The van der Waals surface area contributed by atoms with Gasteiger partial charge in [-0.2, -0.15) is 0 Å². The Balaban J connectivity index is 2.87. The molecule has 74 valence electrons. The van der Waals surface area contributed by atoms with Crippen LogP contribution in [0.15, 0.2) is 11.1 Å². The lowest BCUT2D eigenvalue weighted by Crippen LogP contribution is -2.24. The zero-order valence-electron chi connectivity index (χ0n) is 9.24. The summed E-state index contributed by atoms with van der Waals surface area (Å²) in [7, 11) is 0. The number of Topliss-reactive ketones (excluding diaryl/α,β-unsaturated/α-hetero) is 1. The molecule has 0 atom stereocenters. The third-order valence-electron chi connectivity index (χ3n) is 2.70. The van der Waals surface area contributed by atoms with Gasteiger partial charge in [0.15, 0.2) is 5.78 Å². The van der Waals surface area contributed by atoms with Crippen LogP contribution in [0, 0.1) is 5.41 Å². The summed E-state index contributed by atoms with van der Waals surface area (Å²) < 4.78 is 0. The van der Waals surface area contributed by atoms with Crippen molar-refractivity contribution in [3.8, 4) is 0 Å². The second-order valence-electron chi connectivity index (χ2n) is 5.05. The third kappa shape index (κ3) is 2.43. The number of rotatable bonds is 1. The zero-order valence-corrected chi connectivity index (χ0v) is 9.24. The summed E-state index contributed by atoms with van der Waals surface area (Å²) in [5.74, 6) is 0.352. The van der Waals surface area contributed by atoms with Crippen molar-refractivity contribution >= 4 is 5.78 Å². The van der Waals surface area contributed by atoms with Gasteiger partial charge in [-0.1, -0.05) is 26.3 Å². The first kappa shape index (κ1) is 10.5. The second-order valence-corrected chi connectivity index (χ2v) is 5.05. The fourth-order valence-corrected chi connectivity index (χ4v) is 1.82. The Kier molecular flexibility index (Phi) is 2.94. The Hall–Kier alpha value is -0.590. The Labute approximate surface area is 81.2 Å². The lowest BCUT2D eigenvalue weighted by molar-refractivity contribution is -0.122. The van der Waals surface area contributed by atoms with Crippen LogP contribution in [0.25, 0.3) is 0 Å². The molecule has 0 saturated carbocycles. The molecule has 0 aromatic carbocycles. The number of carbonyl (C=O) groups excluding carboxylic acids is 1. The topological polar surface area (TPSA) is 17.1 Å². The van der Waals surface area contributed by atoms with E-state index < -0.39 is 0 Å². The molecule has 0 saturated heterocycles. The third-order valence-corrected chi connectivity index (χ3v) is 2.70. The smallest absolute Gasteiger partial charge is 0.164 e. The molecule has 1 nitrogen and oxygen atoms in total. The summed E-state index contributed by atoms with van der Waals surface area (Å²) in [6.45, 7) is 8.12. The van der Waals surface area contributed by atoms with Gasteiger partial charge in [-0.25, -0.2) is 0 Å². The Morgan fingerprint density at radius 2 is 1.69 bits per heavy atom. The van der Waals surface area contributed by atoms with Crippen molar-refractivity contribution in [1.29, 1.82) is 0 Å². The van der Waals surface area contributed by atoms with Gasteiger partial charge in [-0.05, 0) is 38.2 Å². The van der Waals surface area contributed by atoms with E-state index in [2.05, 4.69) is 6.92 Å². The van der Waals surface area contributed by atoms with Crippen LogP contribution in [-0.2, 0) is 4.79 Å². The van der Waals surface area contributed by atoms with Crippen LogP contribution in [0.2, 0.25) is 0 Å². The molecule has 13 heavy (non-hydrogen) atoms. The van der Waals surface area contributed by atoms with E-state index >= 15 is 0 Å². The maximum absolute atomic E-state index is 12.0. The molecular formula is C12H20O. The molecule has 0 N–H and O–H groups in total. The first-order chi connectivity index (χ1) is 5.93. The SMILES string of the molecule is CC1=C(C(=O)C(C)(C)C)CCCC1. The van der Waals surface area contributed by atoms with E-state index in [9.17, 15) is 4.79 Å². The van der Waals surface area contributed by atoms with E-state index in [1.165, 1.54) is 18.4 Å². The molecule has 0 aromatic heterocycles. The van der Waals surface area contributed by atoms with Crippen LogP contribution in [0.3, 0.4) is 0 Å². The van der Waals surface area contributed by atoms with Gasteiger partial charge in [0.2, 0.25) is 0 Å². The fraction of sp³-hybridized carbons (Fsp3) is 0.750. The minimum atomic E-state index is -0.200. The molecule has 0 aromatic rings. The van der Waals surface area contributed by atoms with Crippen LogP contribution in [0.5, 0.6) is 0 Å². The molecule has 0 heterocycles. The molecule has 1 heteroatoms. The summed E-state index contributed by atoms with van der Waals surface area (Å²) in [5.41, 5.74) is 2.23. The van der Waals surface area contributed by atoms with Gasteiger partial charge in [-0.3, -0.25) is 4.79 Å². The number of hydrogen-bond acceptors (Lipinski definition) is 1. The Morgan fingerprint density at radius 3 is 2.15 bits per heavy atom. The fourth-order valence-electron chi connectivity index (χ4n) is 1.82. The van der Waals surface area contributed by atoms with Crippen molar-refractivity contribution in [2.24, 2.45) is 5.41 Å². The van der Waals surface area contributed by atoms with Gasteiger partial charge in [0.1, 0.15) is 0 Å². The first-order valence-electron chi connectivity index (χ1n) is 5.16. The Morgan fingerprint density at radius 1 is 1.15 bits per heavy atom. The highest BCUT2D eigenvalue weighted by Gasteiger charge is 2.26. The minimum absolute atomic E-state index is 0.200. The van der Waals surface area contributed by atoms with E-state index in [1.54, 1.807) is 0 Å². The van der Waals surface area contributed by atoms with Crippen molar-refractivity contribution in [2.75, 3.05) is 0 Å². The van der Waals surface area contributed by atoms with Crippen molar-refractivity contribution in [1.82, 2.24) is 0 Å². The number of allylic oxidation sites excluding steroid dienone is 2. The second kappa shape index (κ2) is 3.65. The number of carbonyl (C=O) groups is 1. The quantitative estimate of drug-likeness (QED) is 0.603. The van der Waals surface area contributed by atoms with Crippen LogP contribution in [-0.4, -0.2) is 5.78 Å². The van der Waals surface area contributed by atoms with E-state index in [-0.39, 0.29) is 5.41 Å². The Bertz CT molecular complexity index is 240. The van der Waals surface area contributed by atoms with Gasteiger partial charge in [0, 0.05) is 5.41 Å². The highest BCUT2D eigenvalue weighted by atomic mass is 16.1. The molecular weight excluding hydrogens is 160 g/mol. The average molecular weight is 180 g/mol. The summed E-state index contributed by atoms with van der Waals surface area (Å²) in [5, 5.41) is 0. The summed E-state index contributed by atoms with van der Waals surface area (Å²) in [4.78, 5) is 12.0. The zero-order chi connectivity index (χ0) is 10.1. The number of hydrogen-bond donors (Lipinski definition) is 0. The molecule has 0 fully saturated rings. The van der Waals surface area contributed by atoms with Crippen molar-refractivity contribution in [2.45, 2.75) is 53.4 Å². The molecule has 0 radical (unpaired) electrons. The maximum Gasteiger partial charge on any atom is 0.164 e. The monoisotopic (exact) mass is 180 g/mol. The van der Waals surface area contributed by atoms with Crippen molar-refractivity contribution in [3.05, 3.63) is 11.1 Å². The molecule has 1 rings (SSSR count). The highest BCUT2D eigenvalue weighted by Crippen LogP contribution is 2.30. The van der Waals surface area contributed by atoms with E-state index in [1.807, 2.05) is 20.8 Å². The first-order valence-corrected chi connectivity index (χ1v) is 5.16. The predicted octanol–water partition coefficient (Wildman–Crippen LogP) is 3.49. The normalized spacial score (nSPS) is 19.1. The number of ketones is 1. The van der Waals surface area contributed by atoms with Gasteiger partial charge in [0.25, 0.3) is 0 Å². The van der Waals surface area contributed by atoms with Gasteiger partial charge >= 0.3 is 0 Å². The molecule has 1 aliphatic rings. The van der Waals surface area contributed by atoms with Gasteiger partial charge in [0.05, 0.1) is 0 Å². The largest absolute Gasteiger partial charge is 0.294 e. The highest BCUT2D eigenvalue weighted by molar-refractivity contribution is 5.99. The van der Waals surface area contributed by atoms with Crippen molar-refractivity contribution in [3.63, 3.8) is 0 Å². The average Bonchev–Trinajstić information content (AvgIpc) is 2.02. The maximum atomic E-state index is 12.0. The summed E-state index contributed by atoms with van der Waals surface area (Å²) >= 11 is 0.